The van der Waals surface area contributed by atoms with Gasteiger partial charge in [0.25, 0.3) is 0 Å². The van der Waals surface area contributed by atoms with Crippen molar-refractivity contribution in [3.05, 3.63) is 192 Å². The monoisotopic (exact) mass is 824 g/mol. The summed E-state index contributed by atoms with van der Waals surface area (Å²) in [5.74, 6) is 3.66. The van der Waals surface area contributed by atoms with E-state index in [4.69, 9.17) is 26.8 Å². The van der Waals surface area contributed by atoms with Gasteiger partial charge in [-0.3, -0.25) is 0 Å². The van der Waals surface area contributed by atoms with Gasteiger partial charge >= 0.3 is 17.2 Å². The molecular weight excluding hydrogens is 787 g/mol. The number of fused-ring (bicyclic) bond motifs is 12. The summed E-state index contributed by atoms with van der Waals surface area (Å²) in [6, 6.07) is 58.5. The van der Waals surface area contributed by atoms with Gasteiger partial charge in [-0.15, -0.1) is 0 Å². The normalized spacial score (nSPS) is 14.3. The lowest BCUT2D eigenvalue weighted by molar-refractivity contribution is 0.379. The van der Waals surface area contributed by atoms with Gasteiger partial charge in [-0.05, 0) is 86.5 Å². The van der Waals surface area contributed by atoms with Gasteiger partial charge in [-0.2, -0.15) is 0 Å². The van der Waals surface area contributed by atoms with Crippen molar-refractivity contribution in [3.8, 4) is 28.7 Å². The maximum Gasteiger partial charge on any atom is 0.530 e. The van der Waals surface area contributed by atoms with Crippen molar-refractivity contribution in [1.29, 1.82) is 0 Å². The first-order valence-corrected chi connectivity index (χ1v) is 24.9. The van der Waals surface area contributed by atoms with Crippen molar-refractivity contribution in [2.45, 2.75) is 25.9 Å². The summed E-state index contributed by atoms with van der Waals surface area (Å²) in [5, 5.41) is 10.2. The third kappa shape index (κ3) is 6.65. The van der Waals surface area contributed by atoms with Crippen LogP contribution in [0.3, 0.4) is 0 Å². The molecule has 59 heavy (non-hydrogen) atoms. The summed E-state index contributed by atoms with van der Waals surface area (Å²) < 4.78 is 41.2. The molecular formula is C50H38O6P2Si. The molecule has 9 aromatic carbocycles. The van der Waals surface area contributed by atoms with Gasteiger partial charge in [0.2, 0.25) is 8.32 Å². The van der Waals surface area contributed by atoms with Crippen LogP contribution in [0.25, 0.3) is 43.1 Å². The fourth-order valence-corrected chi connectivity index (χ4v) is 13.8. The SMILES string of the molecule is C[Si](C)(OP1Oc2ccc3ccccc3c2Cc2c(ccc3ccccc23)O1)c1ccccc1OP1Oc2ccc3ccccc3c2Cc2c(ccc3ccccc23)O1. The summed E-state index contributed by atoms with van der Waals surface area (Å²) in [5.41, 5.74) is 4.44. The summed E-state index contributed by atoms with van der Waals surface area (Å²) >= 11 is 0. The lowest BCUT2D eigenvalue weighted by Gasteiger charge is -2.31. The summed E-state index contributed by atoms with van der Waals surface area (Å²) in [6.07, 6.45) is 1.32. The third-order valence-corrected chi connectivity index (χ3v) is 17.3. The zero-order valence-electron chi connectivity index (χ0n) is 32.4. The smallest absolute Gasteiger partial charge is 0.418 e. The van der Waals surface area contributed by atoms with E-state index in [2.05, 4.69) is 153 Å². The van der Waals surface area contributed by atoms with Crippen LogP contribution in [0.2, 0.25) is 13.1 Å². The largest absolute Gasteiger partial charge is 0.530 e. The van der Waals surface area contributed by atoms with Crippen molar-refractivity contribution in [2.24, 2.45) is 0 Å². The molecule has 2 heterocycles. The molecule has 0 fully saturated rings. The Kier molecular flexibility index (Phi) is 9.01. The Balaban J connectivity index is 0.967. The number of rotatable bonds is 5. The van der Waals surface area contributed by atoms with Crippen LogP contribution in [0, 0.1) is 0 Å². The molecule has 0 atom stereocenters. The van der Waals surface area contributed by atoms with Crippen LogP contribution in [0.1, 0.15) is 22.3 Å². The molecule has 288 valence electrons. The van der Waals surface area contributed by atoms with E-state index in [0.29, 0.717) is 18.6 Å². The summed E-state index contributed by atoms with van der Waals surface area (Å²) in [6.45, 7) is 4.31. The van der Waals surface area contributed by atoms with Gasteiger partial charge in [-0.1, -0.05) is 140 Å². The minimum Gasteiger partial charge on any atom is -0.418 e. The van der Waals surface area contributed by atoms with Gasteiger partial charge in [-0.25, -0.2) is 0 Å². The van der Waals surface area contributed by atoms with Crippen molar-refractivity contribution in [3.63, 3.8) is 0 Å². The minimum absolute atomic E-state index is 0.639. The molecule has 11 rings (SSSR count). The number of para-hydroxylation sites is 1. The van der Waals surface area contributed by atoms with Gasteiger partial charge < -0.3 is 26.8 Å². The minimum atomic E-state index is -2.87. The molecule has 0 aromatic heterocycles. The van der Waals surface area contributed by atoms with Crippen LogP contribution >= 0.6 is 17.2 Å². The first-order chi connectivity index (χ1) is 28.9. The Labute approximate surface area is 346 Å². The second-order valence-electron chi connectivity index (χ2n) is 15.4. The lowest BCUT2D eigenvalue weighted by Crippen LogP contribution is -2.44. The lowest BCUT2D eigenvalue weighted by atomic mass is 9.93. The maximum absolute atomic E-state index is 7.13. The second kappa shape index (κ2) is 14.7. The molecule has 2 aliphatic heterocycles. The van der Waals surface area contributed by atoms with Crippen LogP contribution in [-0.2, 0) is 17.1 Å². The molecule has 0 bridgehead atoms. The highest BCUT2D eigenvalue weighted by molar-refractivity contribution is 7.45. The Bertz CT molecular complexity index is 2920. The molecule has 9 aromatic rings. The molecule has 0 N–H and O–H groups in total. The van der Waals surface area contributed by atoms with E-state index in [1.165, 1.54) is 0 Å². The van der Waals surface area contributed by atoms with E-state index in [9.17, 15) is 0 Å². The predicted molar refractivity (Wildman–Crippen MR) is 243 cm³/mol. The standard InChI is InChI=1S/C50H38O6P2Si/c1-59(2,56-58-53-47-29-25-35-15-5-9-19-39(35)43(47)32-44-40-20-10-6-16-36(40)26-30-48(44)54-58)50-22-12-11-21-49(50)55-57-51-45-27-23-33-13-3-7-17-37(33)41(45)31-42-38-18-8-4-14-34(38)24-28-46(42)52-57/h3-30H,31-32H2,1-2H3. The van der Waals surface area contributed by atoms with Crippen LogP contribution in [0.15, 0.2) is 170 Å². The molecule has 2 aliphatic rings. The highest BCUT2D eigenvalue weighted by atomic mass is 31.2. The topological polar surface area (TPSA) is 55.4 Å². The van der Waals surface area contributed by atoms with E-state index in [1.54, 1.807) is 0 Å². The number of hydrogen-bond acceptors (Lipinski definition) is 6. The molecule has 6 nitrogen and oxygen atoms in total. The van der Waals surface area contributed by atoms with Gasteiger partial charge in [0.1, 0.15) is 28.7 Å². The average molecular weight is 825 g/mol. The molecule has 0 unspecified atom stereocenters. The fourth-order valence-electron chi connectivity index (χ4n) is 8.48. The molecule has 0 amide bonds. The molecule has 0 saturated heterocycles. The first kappa shape index (κ1) is 36.2. The zero-order valence-corrected chi connectivity index (χ0v) is 35.2. The van der Waals surface area contributed by atoms with E-state index in [1.807, 2.05) is 30.3 Å². The van der Waals surface area contributed by atoms with E-state index < -0.39 is 25.5 Å². The first-order valence-electron chi connectivity index (χ1n) is 19.8. The summed E-state index contributed by atoms with van der Waals surface area (Å²) in [7, 11) is -6.74. The van der Waals surface area contributed by atoms with Gasteiger partial charge in [0.05, 0.1) is 0 Å². The Hall–Kier alpha value is -5.94. The van der Waals surface area contributed by atoms with Crippen LogP contribution < -0.4 is 27.8 Å². The van der Waals surface area contributed by atoms with Crippen LogP contribution in [-0.4, -0.2) is 8.32 Å². The predicted octanol–water partition coefficient (Wildman–Crippen LogP) is 13.7. The van der Waals surface area contributed by atoms with Crippen LogP contribution in [0.5, 0.6) is 28.7 Å². The third-order valence-electron chi connectivity index (χ3n) is 11.4. The molecule has 9 heteroatoms. The molecule has 0 spiro atoms. The average Bonchev–Trinajstić information content (AvgIpc) is 3.25. The molecule has 0 aliphatic carbocycles. The van der Waals surface area contributed by atoms with Gasteiger partial charge in [0.15, 0.2) is 0 Å². The highest BCUT2D eigenvalue weighted by Gasteiger charge is 2.39. The Morgan fingerprint density at radius 1 is 0.390 bits per heavy atom. The van der Waals surface area contributed by atoms with E-state index in [0.717, 1.165) is 93.5 Å². The molecule has 0 radical (unpaired) electrons. The highest BCUT2D eigenvalue weighted by Crippen LogP contribution is 2.52. The van der Waals surface area contributed by atoms with Crippen LogP contribution in [0.4, 0.5) is 0 Å². The van der Waals surface area contributed by atoms with Crippen molar-refractivity contribution < 1.29 is 26.8 Å². The quantitative estimate of drug-likeness (QED) is 0.127. The number of benzene rings is 9. The maximum atomic E-state index is 7.13. The Morgan fingerprint density at radius 3 is 1.14 bits per heavy atom. The fraction of sp³-hybridized carbons (Fsp3) is 0.0800. The van der Waals surface area contributed by atoms with Crippen molar-refractivity contribution in [2.75, 3.05) is 0 Å². The van der Waals surface area contributed by atoms with Crippen molar-refractivity contribution in [1.82, 2.24) is 0 Å². The summed E-state index contributed by atoms with van der Waals surface area (Å²) in [4.78, 5) is 0. The second-order valence-corrected chi connectivity index (χ2v) is 21.5. The zero-order chi connectivity index (χ0) is 39.5. The van der Waals surface area contributed by atoms with E-state index in [-0.39, 0.29) is 0 Å². The number of hydrogen-bond donors (Lipinski definition) is 0. The van der Waals surface area contributed by atoms with Gasteiger partial charge in [0, 0.05) is 40.3 Å². The van der Waals surface area contributed by atoms with Crippen molar-refractivity contribution >= 4 is 73.8 Å². The Morgan fingerprint density at radius 2 is 0.729 bits per heavy atom. The van der Waals surface area contributed by atoms with E-state index >= 15 is 0 Å². The molecule has 0 saturated carbocycles.